The summed E-state index contributed by atoms with van der Waals surface area (Å²) in [6.07, 6.45) is 0. The second kappa shape index (κ2) is 9.09. The summed E-state index contributed by atoms with van der Waals surface area (Å²) >= 11 is 0. The van der Waals surface area contributed by atoms with Crippen LogP contribution < -0.4 is 5.32 Å². The van der Waals surface area contributed by atoms with Crippen LogP contribution in [0.1, 0.15) is 10.4 Å². The zero-order valence-corrected chi connectivity index (χ0v) is 14.8. The van der Waals surface area contributed by atoms with E-state index in [2.05, 4.69) is 15.5 Å². The number of aromatic hydroxyl groups is 1. The first kappa shape index (κ1) is 18.8. The monoisotopic (exact) mass is 375 g/mol. The molecule has 1 amide bonds. The molecule has 3 rings (SSSR count). The first-order valence-corrected chi connectivity index (χ1v) is 8.43. The van der Waals surface area contributed by atoms with Gasteiger partial charge in [-0.15, -0.1) is 0 Å². The van der Waals surface area contributed by atoms with Gasteiger partial charge in [-0.1, -0.05) is 18.2 Å². The van der Waals surface area contributed by atoms with E-state index < -0.39 is 18.5 Å². The minimum atomic E-state index is -0.646. The van der Waals surface area contributed by atoms with Crippen LogP contribution in [0.3, 0.4) is 0 Å². The van der Waals surface area contributed by atoms with Crippen molar-refractivity contribution >= 4 is 28.9 Å². The Bertz CT molecular complexity index is 969. The fourth-order valence-corrected chi connectivity index (χ4v) is 2.23. The Morgan fingerprint density at radius 1 is 0.821 bits per heavy atom. The van der Waals surface area contributed by atoms with E-state index in [0.29, 0.717) is 11.4 Å². The number of anilines is 1. The highest BCUT2D eigenvalue weighted by Gasteiger charge is 2.10. The number of nitrogens with zero attached hydrogens (tertiary/aromatic N) is 2. The Hall–Kier alpha value is -4.00. The molecule has 0 aliphatic carbocycles. The van der Waals surface area contributed by atoms with E-state index in [0.717, 1.165) is 5.69 Å². The van der Waals surface area contributed by atoms with E-state index in [9.17, 15) is 14.7 Å². The van der Waals surface area contributed by atoms with Crippen molar-refractivity contribution in [1.29, 1.82) is 0 Å². The Balaban J connectivity index is 1.49. The first-order chi connectivity index (χ1) is 13.6. The molecule has 28 heavy (non-hydrogen) atoms. The molecule has 0 fully saturated rings. The smallest absolute Gasteiger partial charge is 0.338 e. The Labute approximate surface area is 161 Å². The molecule has 0 radical (unpaired) electrons. The maximum absolute atomic E-state index is 11.9. The number of hydrogen-bond acceptors (Lipinski definition) is 6. The standard InChI is InChI=1S/C21H17N3O4/c25-19-12-6-15(7-13-19)21(27)28-14-20(26)22-16-8-10-18(11-9-16)24-23-17-4-2-1-3-5-17/h1-13,25H,14H2,(H,22,26). The number of carbonyl (C=O) groups excluding carboxylic acids is 2. The number of nitrogens with one attached hydrogen (secondary N) is 1. The molecule has 3 aromatic rings. The molecule has 3 aromatic carbocycles. The summed E-state index contributed by atoms with van der Waals surface area (Å²) in [5.74, 6) is -1.07. The topological polar surface area (TPSA) is 100 Å². The number of esters is 1. The number of phenolic OH excluding ortho intramolecular Hbond substituents is 1. The fourth-order valence-electron chi connectivity index (χ4n) is 2.23. The highest BCUT2D eigenvalue weighted by molar-refractivity contribution is 5.95. The zero-order chi connectivity index (χ0) is 19.8. The second-order valence-corrected chi connectivity index (χ2v) is 5.75. The average molecular weight is 375 g/mol. The number of ether oxygens (including phenoxy) is 1. The van der Waals surface area contributed by atoms with Gasteiger partial charge in [-0.2, -0.15) is 10.2 Å². The second-order valence-electron chi connectivity index (χ2n) is 5.75. The molecule has 7 nitrogen and oxygen atoms in total. The van der Waals surface area contributed by atoms with Crippen molar-refractivity contribution in [3.8, 4) is 5.75 Å². The Morgan fingerprint density at radius 2 is 1.43 bits per heavy atom. The lowest BCUT2D eigenvalue weighted by molar-refractivity contribution is -0.119. The normalized spacial score (nSPS) is 10.6. The van der Waals surface area contributed by atoms with Crippen LogP contribution in [0, 0.1) is 0 Å². The molecule has 0 aliphatic rings. The number of azo groups is 1. The summed E-state index contributed by atoms with van der Waals surface area (Å²) in [7, 11) is 0. The van der Waals surface area contributed by atoms with E-state index in [1.54, 1.807) is 24.3 Å². The molecule has 0 atom stereocenters. The molecule has 140 valence electrons. The highest BCUT2D eigenvalue weighted by Crippen LogP contribution is 2.20. The molecule has 0 aliphatic heterocycles. The van der Waals surface area contributed by atoms with Crippen LogP contribution in [0.25, 0.3) is 0 Å². The van der Waals surface area contributed by atoms with E-state index in [1.165, 1.54) is 24.3 Å². The number of amides is 1. The van der Waals surface area contributed by atoms with Crippen molar-refractivity contribution < 1.29 is 19.4 Å². The van der Waals surface area contributed by atoms with Crippen LogP contribution >= 0.6 is 0 Å². The van der Waals surface area contributed by atoms with Gasteiger partial charge in [0.1, 0.15) is 5.75 Å². The molecular formula is C21H17N3O4. The molecular weight excluding hydrogens is 358 g/mol. The van der Waals surface area contributed by atoms with Crippen LogP contribution in [0.5, 0.6) is 5.75 Å². The maximum atomic E-state index is 11.9. The first-order valence-electron chi connectivity index (χ1n) is 8.43. The van der Waals surface area contributed by atoms with Gasteiger partial charge in [0, 0.05) is 5.69 Å². The third kappa shape index (κ3) is 5.50. The van der Waals surface area contributed by atoms with Gasteiger partial charge in [-0.25, -0.2) is 4.79 Å². The lowest BCUT2D eigenvalue weighted by Gasteiger charge is -2.07. The van der Waals surface area contributed by atoms with Crippen molar-refractivity contribution in [3.63, 3.8) is 0 Å². The van der Waals surface area contributed by atoms with E-state index in [-0.39, 0.29) is 11.3 Å². The molecule has 2 N–H and O–H groups in total. The summed E-state index contributed by atoms with van der Waals surface area (Å²) in [6.45, 7) is -0.421. The molecule has 0 spiro atoms. The third-order valence-corrected chi connectivity index (χ3v) is 3.63. The molecule has 0 saturated heterocycles. The molecule has 7 heteroatoms. The van der Waals surface area contributed by atoms with Gasteiger partial charge in [0.2, 0.25) is 0 Å². The molecule has 0 saturated carbocycles. The molecule has 0 heterocycles. The molecule has 0 bridgehead atoms. The van der Waals surface area contributed by atoms with Crippen molar-refractivity contribution in [1.82, 2.24) is 0 Å². The lowest BCUT2D eigenvalue weighted by atomic mass is 10.2. The SMILES string of the molecule is O=C(COC(=O)c1ccc(O)cc1)Nc1ccc(N=Nc2ccccc2)cc1. The summed E-state index contributed by atoms with van der Waals surface area (Å²) in [5.41, 5.74) is 2.18. The van der Waals surface area contributed by atoms with Crippen LogP contribution in [0.2, 0.25) is 0 Å². The van der Waals surface area contributed by atoms with Crippen molar-refractivity contribution in [3.05, 3.63) is 84.4 Å². The van der Waals surface area contributed by atoms with Crippen LogP contribution in [-0.2, 0) is 9.53 Å². The molecule has 0 aromatic heterocycles. The fraction of sp³-hybridized carbons (Fsp3) is 0.0476. The van der Waals surface area contributed by atoms with Crippen LogP contribution in [0.15, 0.2) is 89.1 Å². The predicted molar refractivity (Wildman–Crippen MR) is 104 cm³/mol. The summed E-state index contributed by atoms with van der Waals surface area (Å²) in [4.78, 5) is 23.8. The zero-order valence-electron chi connectivity index (χ0n) is 14.8. The van der Waals surface area contributed by atoms with Crippen LogP contribution in [-0.4, -0.2) is 23.6 Å². The van der Waals surface area contributed by atoms with Crippen LogP contribution in [0.4, 0.5) is 17.1 Å². The number of phenols is 1. The van der Waals surface area contributed by atoms with E-state index in [1.807, 2.05) is 30.3 Å². The minimum Gasteiger partial charge on any atom is -0.508 e. The average Bonchev–Trinajstić information content (AvgIpc) is 2.73. The summed E-state index contributed by atoms with van der Waals surface area (Å²) in [5, 5.41) is 20.1. The number of hydrogen-bond donors (Lipinski definition) is 2. The van der Waals surface area contributed by atoms with Gasteiger partial charge in [0.15, 0.2) is 6.61 Å². The third-order valence-electron chi connectivity index (χ3n) is 3.63. The van der Waals surface area contributed by atoms with Gasteiger partial charge in [0.05, 0.1) is 16.9 Å². The van der Waals surface area contributed by atoms with Crippen molar-refractivity contribution in [2.45, 2.75) is 0 Å². The van der Waals surface area contributed by atoms with Crippen molar-refractivity contribution in [2.24, 2.45) is 10.2 Å². The van der Waals surface area contributed by atoms with Crippen molar-refractivity contribution in [2.75, 3.05) is 11.9 Å². The number of carbonyl (C=O) groups is 2. The van der Waals surface area contributed by atoms with Gasteiger partial charge in [0.25, 0.3) is 5.91 Å². The van der Waals surface area contributed by atoms with E-state index >= 15 is 0 Å². The minimum absolute atomic E-state index is 0.0426. The molecule has 0 unspecified atom stereocenters. The van der Waals surface area contributed by atoms with Gasteiger partial charge < -0.3 is 15.2 Å². The van der Waals surface area contributed by atoms with Gasteiger partial charge in [-0.05, 0) is 60.7 Å². The number of rotatable bonds is 6. The summed E-state index contributed by atoms with van der Waals surface area (Å²) < 4.78 is 4.95. The van der Waals surface area contributed by atoms with E-state index in [4.69, 9.17) is 4.74 Å². The maximum Gasteiger partial charge on any atom is 0.338 e. The Kier molecular flexibility index (Phi) is 6.10. The van der Waals surface area contributed by atoms with Gasteiger partial charge in [-0.3, -0.25) is 4.79 Å². The van der Waals surface area contributed by atoms with Gasteiger partial charge >= 0.3 is 5.97 Å². The predicted octanol–water partition coefficient (Wildman–Crippen LogP) is 4.60. The summed E-state index contributed by atoms with van der Waals surface area (Å²) in [6, 6.07) is 21.7. The lowest BCUT2D eigenvalue weighted by Crippen LogP contribution is -2.20. The number of benzene rings is 3. The quantitative estimate of drug-likeness (QED) is 0.485. The Morgan fingerprint density at radius 3 is 2.07 bits per heavy atom. The highest BCUT2D eigenvalue weighted by atomic mass is 16.5. The largest absolute Gasteiger partial charge is 0.508 e.